The van der Waals surface area contributed by atoms with E-state index >= 15 is 0 Å². The zero-order valence-corrected chi connectivity index (χ0v) is 10.2. The van der Waals surface area contributed by atoms with E-state index in [1.807, 2.05) is 10.8 Å². The molecule has 0 radical (unpaired) electrons. The van der Waals surface area contributed by atoms with Crippen molar-refractivity contribution in [2.75, 3.05) is 0 Å². The Labute approximate surface area is 91.3 Å². The number of hydrogen-bond acceptors (Lipinski definition) is 2. The van der Waals surface area contributed by atoms with E-state index in [1.165, 1.54) is 0 Å². The number of halogens is 1. The number of hydrogen-bond donors (Lipinski definition) is 0. The molecule has 0 bridgehead atoms. The Bertz CT molecular complexity index is 289. The number of carbonyl (C=O) groups is 1. The van der Waals surface area contributed by atoms with Crippen LogP contribution in [0.4, 0.5) is 0 Å². The molecule has 0 aliphatic rings. The van der Waals surface area contributed by atoms with Gasteiger partial charge in [-0.3, -0.25) is 4.79 Å². The maximum absolute atomic E-state index is 11.9. The first-order valence-corrected chi connectivity index (χ1v) is 6.20. The lowest BCUT2D eigenvalue weighted by molar-refractivity contribution is 0.0913. The van der Waals surface area contributed by atoms with Crippen LogP contribution < -0.4 is 0 Å². The second-order valence-corrected chi connectivity index (χ2v) is 4.61. The van der Waals surface area contributed by atoms with Gasteiger partial charge in [0.15, 0.2) is 5.78 Å². The highest BCUT2D eigenvalue weighted by molar-refractivity contribution is 9.10. The smallest absolute Gasteiger partial charge is 0.167 e. The maximum atomic E-state index is 11.9. The molecule has 3 heteroatoms. The third-order valence-electron chi connectivity index (χ3n) is 2.24. The van der Waals surface area contributed by atoms with Crippen molar-refractivity contribution in [3.8, 4) is 0 Å². The van der Waals surface area contributed by atoms with Gasteiger partial charge in [-0.05, 0) is 28.8 Å². The summed E-state index contributed by atoms with van der Waals surface area (Å²) in [6, 6.07) is 0. The lowest BCUT2D eigenvalue weighted by Crippen LogP contribution is -2.12. The highest BCUT2D eigenvalue weighted by Crippen LogP contribution is 2.26. The zero-order chi connectivity index (χ0) is 9.84. The van der Waals surface area contributed by atoms with Crippen LogP contribution in [-0.2, 0) is 0 Å². The Morgan fingerprint density at radius 3 is 2.46 bits per heavy atom. The van der Waals surface area contributed by atoms with E-state index in [1.54, 1.807) is 11.3 Å². The Balaban J connectivity index is 2.84. The summed E-state index contributed by atoms with van der Waals surface area (Å²) < 4.78 is 0.939. The minimum Gasteiger partial charge on any atom is -0.294 e. The number of rotatable bonds is 4. The molecule has 0 aliphatic heterocycles. The third kappa shape index (κ3) is 2.41. The van der Waals surface area contributed by atoms with E-state index in [4.69, 9.17) is 0 Å². The molecule has 1 rings (SSSR count). The summed E-state index contributed by atoms with van der Waals surface area (Å²) in [4.78, 5) is 11.9. The van der Waals surface area contributed by atoms with Crippen LogP contribution >= 0.6 is 27.3 Å². The van der Waals surface area contributed by atoms with Gasteiger partial charge < -0.3 is 0 Å². The average molecular weight is 261 g/mol. The van der Waals surface area contributed by atoms with Crippen LogP contribution in [0, 0.1) is 5.92 Å². The summed E-state index contributed by atoms with van der Waals surface area (Å²) in [6.45, 7) is 4.12. The van der Waals surface area contributed by atoms with Crippen LogP contribution in [0.3, 0.4) is 0 Å². The molecule has 1 aromatic rings. The Morgan fingerprint density at radius 2 is 2.08 bits per heavy atom. The van der Waals surface area contributed by atoms with Crippen molar-refractivity contribution in [3.63, 3.8) is 0 Å². The molecule has 0 amide bonds. The van der Waals surface area contributed by atoms with E-state index < -0.39 is 0 Å². The van der Waals surface area contributed by atoms with Gasteiger partial charge in [-0.15, -0.1) is 0 Å². The fraction of sp³-hybridized carbons (Fsp3) is 0.500. The predicted molar refractivity (Wildman–Crippen MR) is 60.4 cm³/mol. The summed E-state index contributed by atoms with van der Waals surface area (Å²) >= 11 is 4.95. The topological polar surface area (TPSA) is 17.1 Å². The van der Waals surface area contributed by atoms with Crippen molar-refractivity contribution in [2.24, 2.45) is 5.92 Å². The largest absolute Gasteiger partial charge is 0.294 e. The summed E-state index contributed by atoms with van der Waals surface area (Å²) in [5, 5.41) is 3.88. The zero-order valence-electron chi connectivity index (χ0n) is 7.84. The first kappa shape index (κ1) is 10.9. The van der Waals surface area contributed by atoms with Crippen LogP contribution in [0.5, 0.6) is 0 Å². The average Bonchev–Trinajstić information content (AvgIpc) is 2.53. The second-order valence-electron chi connectivity index (χ2n) is 3.01. The van der Waals surface area contributed by atoms with E-state index in [9.17, 15) is 4.79 Å². The van der Waals surface area contributed by atoms with Crippen LogP contribution in [0.1, 0.15) is 37.0 Å². The normalized spacial score (nSPS) is 10.8. The molecule has 0 saturated carbocycles. The van der Waals surface area contributed by atoms with E-state index in [2.05, 4.69) is 29.8 Å². The van der Waals surface area contributed by atoms with Gasteiger partial charge in [-0.1, -0.05) is 13.8 Å². The van der Waals surface area contributed by atoms with Gasteiger partial charge in [-0.25, -0.2) is 0 Å². The molecule has 0 N–H and O–H groups in total. The lowest BCUT2D eigenvalue weighted by atomic mass is 9.95. The molecule has 1 aromatic heterocycles. The fourth-order valence-electron chi connectivity index (χ4n) is 1.34. The van der Waals surface area contributed by atoms with Gasteiger partial charge in [0, 0.05) is 26.7 Å². The minimum atomic E-state index is 0.186. The van der Waals surface area contributed by atoms with Gasteiger partial charge in [0.25, 0.3) is 0 Å². The molecular weight excluding hydrogens is 248 g/mol. The molecule has 0 unspecified atom stereocenters. The van der Waals surface area contributed by atoms with Crippen molar-refractivity contribution in [1.29, 1.82) is 0 Å². The molecule has 1 heterocycles. The number of ketones is 1. The molecule has 0 fully saturated rings. The van der Waals surface area contributed by atoms with Crippen molar-refractivity contribution in [1.82, 2.24) is 0 Å². The molecule has 0 aliphatic carbocycles. The van der Waals surface area contributed by atoms with E-state index in [0.717, 1.165) is 22.9 Å². The second kappa shape index (κ2) is 4.91. The Morgan fingerprint density at radius 1 is 1.46 bits per heavy atom. The van der Waals surface area contributed by atoms with Crippen LogP contribution in [0.15, 0.2) is 15.2 Å². The molecule has 0 saturated heterocycles. The van der Waals surface area contributed by atoms with Crippen molar-refractivity contribution >= 4 is 33.0 Å². The van der Waals surface area contributed by atoms with Gasteiger partial charge in [0.05, 0.1) is 0 Å². The first-order valence-electron chi connectivity index (χ1n) is 4.46. The Hall–Kier alpha value is -0.150. The van der Waals surface area contributed by atoms with E-state index in [-0.39, 0.29) is 11.7 Å². The predicted octanol–water partition coefficient (Wildman–Crippen LogP) is 4.13. The molecule has 0 spiro atoms. The summed E-state index contributed by atoms with van der Waals surface area (Å²) in [7, 11) is 0. The number of Topliss-reactive ketones (excluding diaryl/α,β-unsaturated/α-hetero) is 1. The van der Waals surface area contributed by atoms with E-state index in [0.29, 0.717) is 0 Å². The van der Waals surface area contributed by atoms with Gasteiger partial charge in [0.1, 0.15) is 0 Å². The van der Waals surface area contributed by atoms with Gasteiger partial charge >= 0.3 is 0 Å². The third-order valence-corrected chi connectivity index (χ3v) is 3.94. The molecular formula is C10H13BrOS. The highest BCUT2D eigenvalue weighted by atomic mass is 79.9. The fourth-order valence-corrected chi connectivity index (χ4v) is 2.82. The van der Waals surface area contributed by atoms with Crippen LogP contribution in [0.2, 0.25) is 0 Å². The SMILES string of the molecule is CCC(CC)C(=O)c1cscc1Br. The highest BCUT2D eigenvalue weighted by Gasteiger charge is 2.18. The summed E-state index contributed by atoms with van der Waals surface area (Å²) in [5.41, 5.74) is 0.846. The van der Waals surface area contributed by atoms with Gasteiger partial charge in [-0.2, -0.15) is 11.3 Å². The monoisotopic (exact) mass is 260 g/mol. The van der Waals surface area contributed by atoms with Crippen molar-refractivity contribution in [3.05, 3.63) is 20.8 Å². The molecule has 72 valence electrons. The van der Waals surface area contributed by atoms with Crippen molar-refractivity contribution < 1.29 is 4.79 Å². The lowest BCUT2D eigenvalue weighted by Gasteiger charge is -2.09. The van der Waals surface area contributed by atoms with Crippen LogP contribution in [-0.4, -0.2) is 5.78 Å². The van der Waals surface area contributed by atoms with Gasteiger partial charge in [0.2, 0.25) is 0 Å². The Kier molecular flexibility index (Phi) is 4.13. The molecule has 0 atom stereocenters. The number of carbonyl (C=O) groups excluding carboxylic acids is 1. The van der Waals surface area contributed by atoms with Crippen molar-refractivity contribution in [2.45, 2.75) is 26.7 Å². The molecule has 13 heavy (non-hydrogen) atoms. The summed E-state index contributed by atoms with van der Waals surface area (Å²) in [6.07, 6.45) is 1.86. The summed E-state index contributed by atoms with van der Waals surface area (Å²) in [5.74, 6) is 0.462. The van der Waals surface area contributed by atoms with Crippen LogP contribution in [0.25, 0.3) is 0 Å². The quantitative estimate of drug-likeness (QED) is 0.745. The standard InChI is InChI=1S/C10H13BrOS/c1-3-7(4-2)10(12)8-5-13-6-9(8)11/h5-7H,3-4H2,1-2H3. The minimum absolute atomic E-state index is 0.186. The number of thiophene rings is 1. The maximum Gasteiger partial charge on any atom is 0.167 e. The molecule has 0 aromatic carbocycles. The first-order chi connectivity index (χ1) is 6.20. The molecule has 1 nitrogen and oxygen atoms in total.